The summed E-state index contributed by atoms with van der Waals surface area (Å²) in [5, 5.41) is 12.1. The molecular formula is C16H25N3O. The van der Waals surface area contributed by atoms with Gasteiger partial charge in [-0.25, -0.2) is 0 Å². The molecule has 1 rings (SSSR count). The fraction of sp³-hybridized carbons (Fsp3) is 0.562. The Bertz CT molecular complexity index is 424. The van der Waals surface area contributed by atoms with Crippen molar-refractivity contribution in [2.45, 2.75) is 33.4 Å². The number of nitriles is 1. The van der Waals surface area contributed by atoms with Crippen LogP contribution in [0.3, 0.4) is 0 Å². The molecule has 4 nitrogen and oxygen atoms in total. The summed E-state index contributed by atoms with van der Waals surface area (Å²) in [6, 6.07) is 10.3. The van der Waals surface area contributed by atoms with E-state index in [1.165, 1.54) is 0 Å². The van der Waals surface area contributed by atoms with Crippen LogP contribution >= 0.6 is 0 Å². The zero-order valence-corrected chi connectivity index (χ0v) is 12.7. The lowest BCUT2D eigenvalue weighted by molar-refractivity contribution is 0.270. The molecule has 4 heteroatoms. The van der Waals surface area contributed by atoms with Crippen molar-refractivity contribution in [1.29, 1.82) is 5.26 Å². The average Bonchev–Trinajstić information content (AvgIpc) is 2.49. The Balaban J connectivity index is 2.50. The third-order valence-corrected chi connectivity index (χ3v) is 3.33. The summed E-state index contributed by atoms with van der Waals surface area (Å²) in [6.45, 7) is 10.6. The van der Waals surface area contributed by atoms with E-state index in [1.807, 2.05) is 30.3 Å². The zero-order valence-electron chi connectivity index (χ0n) is 12.7. The van der Waals surface area contributed by atoms with Crippen molar-refractivity contribution in [3.05, 3.63) is 29.8 Å². The fourth-order valence-electron chi connectivity index (χ4n) is 2.12. The minimum atomic E-state index is 0.0893. The van der Waals surface area contributed by atoms with E-state index in [1.54, 1.807) is 0 Å². The highest BCUT2D eigenvalue weighted by atomic mass is 16.5. The van der Waals surface area contributed by atoms with Gasteiger partial charge in [0.15, 0.2) is 6.61 Å². The molecule has 0 bridgehead atoms. The van der Waals surface area contributed by atoms with Crippen LogP contribution in [0.1, 0.15) is 26.3 Å². The molecule has 1 atom stereocenters. The fourth-order valence-corrected chi connectivity index (χ4v) is 2.12. The quantitative estimate of drug-likeness (QED) is 0.752. The highest BCUT2D eigenvalue weighted by molar-refractivity contribution is 5.33. The number of benzene rings is 1. The van der Waals surface area contributed by atoms with Crippen molar-refractivity contribution >= 4 is 0 Å². The second kappa shape index (κ2) is 9.35. The van der Waals surface area contributed by atoms with Crippen LogP contribution in [0.5, 0.6) is 5.75 Å². The molecule has 0 aromatic heterocycles. The Morgan fingerprint density at radius 2 is 2.00 bits per heavy atom. The Labute approximate surface area is 122 Å². The first-order valence-electron chi connectivity index (χ1n) is 7.24. The molecule has 0 heterocycles. The van der Waals surface area contributed by atoms with Gasteiger partial charge in [-0.15, -0.1) is 0 Å². The van der Waals surface area contributed by atoms with Gasteiger partial charge in [-0.1, -0.05) is 32.0 Å². The second-order valence-electron chi connectivity index (χ2n) is 4.82. The predicted octanol–water partition coefficient (Wildman–Crippen LogP) is 2.41. The first-order chi connectivity index (χ1) is 9.71. The lowest BCUT2D eigenvalue weighted by Crippen LogP contribution is -2.38. The monoisotopic (exact) mass is 275 g/mol. The molecule has 0 aliphatic carbocycles. The third-order valence-electron chi connectivity index (χ3n) is 3.33. The number of nitrogens with one attached hydrogen (secondary N) is 1. The smallest absolute Gasteiger partial charge is 0.174 e. The third kappa shape index (κ3) is 5.60. The zero-order chi connectivity index (χ0) is 14.8. The largest absolute Gasteiger partial charge is 0.478 e. The summed E-state index contributed by atoms with van der Waals surface area (Å²) >= 11 is 0. The summed E-state index contributed by atoms with van der Waals surface area (Å²) in [7, 11) is 0. The van der Waals surface area contributed by atoms with Crippen molar-refractivity contribution in [1.82, 2.24) is 10.2 Å². The van der Waals surface area contributed by atoms with Crippen LogP contribution in [0.15, 0.2) is 24.3 Å². The minimum Gasteiger partial charge on any atom is -0.478 e. The molecule has 0 aliphatic heterocycles. The molecular weight excluding hydrogens is 250 g/mol. The van der Waals surface area contributed by atoms with Crippen LogP contribution in [0.25, 0.3) is 0 Å². The Kier molecular flexibility index (Phi) is 7.71. The van der Waals surface area contributed by atoms with Gasteiger partial charge in [0.05, 0.1) is 0 Å². The van der Waals surface area contributed by atoms with E-state index in [9.17, 15) is 0 Å². The van der Waals surface area contributed by atoms with Gasteiger partial charge >= 0.3 is 0 Å². The molecule has 0 fully saturated rings. The summed E-state index contributed by atoms with van der Waals surface area (Å²) in [5.74, 6) is 0.789. The first kappa shape index (κ1) is 16.5. The normalized spacial score (nSPS) is 12.2. The molecule has 1 aromatic carbocycles. The van der Waals surface area contributed by atoms with E-state index in [2.05, 4.69) is 31.0 Å². The minimum absolute atomic E-state index is 0.0893. The van der Waals surface area contributed by atoms with Gasteiger partial charge in [-0.05, 0) is 26.1 Å². The van der Waals surface area contributed by atoms with Crippen LogP contribution in [0, 0.1) is 11.3 Å². The van der Waals surface area contributed by atoms with Crippen LogP contribution in [0.2, 0.25) is 0 Å². The van der Waals surface area contributed by atoms with E-state index < -0.39 is 0 Å². The van der Waals surface area contributed by atoms with Gasteiger partial charge < -0.3 is 15.0 Å². The number of rotatable bonds is 9. The van der Waals surface area contributed by atoms with Crippen molar-refractivity contribution in [3.8, 4) is 11.8 Å². The first-order valence-corrected chi connectivity index (χ1v) is 7.24. The summed E-state index contributed by atoms with van der Waals surface area (Å²) in [5.41, 5.74) is 1.09. The molecule has 0 saturated heterocycles. The van der Waals surface area contributed by atoms with E-state index in [4.69, 9.17) is 10.00 Å². The van der Waals surface area contributed by atoms with E-state index in [0.29, 0.717) is 6.04 Å². The highest BCUT2D eigenvalue weighted by Crippen LogP contribution is 2.17. The molecule has 1 unspecified atom stereocenters. The Morgan fingerprint density at radius 3 is 2.65 bits per heavy atom. The number of ether oxygens (including phenoxy) is 1. The lowest BCUT2D eigenvalue weighted by atomic mass is 10.2. The van der Waals surface area contributed by atoms with Gasteiger partial charge in [0.1, 0.15) is 11.8 Å². The summed E-state index contributed by atoms with van der Waals surface area (Å²) in [6.07, 6.45) is 0. The van der Waals surface area contributed by atoms with Gasteiger partial charge in [-0.3, -0.25) is 0 Å². The molecule has 0 aliphatic rings. The van der Waals surface area contributed by atoms with E-state index in [0.717, 1.165) is 37.5 Å². The molecule has 0 amide bonds. The number of nitrogens with zero attached hydrogens (tertiary/aromatic N) is 2. The van der Waals surface area contributed by atoms with Gasteiger partial charge in [-0.2, -0.15) is 5.26 Å². The van der Waals surface area contributed by atoms with Crippen LogP contribution in [-0.4, -0.2) is 37.2 Å². The Morgan fingerprint density at radius 1 is 1.30 bits per heavy atom. The topological polar surface area (TPSA) is 48.3 Å². The van der Waals surface area contributed by atoms with Crippen molar-refractivity contribution in [3.63, 3.8) is 0 Å². The predicted molar refractivity (Wildman–Crippen MR) is 81.6 cm³/mol. The van der Waals surface area contributed by atoms with Crippen molar-refractivity contribution < 1.29 is 4.74 Å². The maximum absolute atomic E-state index is 8.59. The number of hydrogen-bond acceptors (Lipinski definition) is 4. The van der Waals surface area contributed by atoms with Gasteiger partial charge in [0.2, 0.25) is 0 Å². The van der Waals surface area contributed by atoms with Crippen molar-refractivity contribution in [2.75, 3.05) is 26.2 Å². The van der Waals surface area contributed by atoms with Crippen LogP contribution in [0.4, 0.5) is 0 Å². The number of likely N-dealkylation sites (N-methyl/N-ethyl adjacent to an activating group) is 1. The SMILES string of the molecule is CCN(CC)CC(C)NCc1ccccc1OCC#N. The lowest BCUT2D eigenvalue weighted by Gasteiger charge is -2.23. The average molecular weight is 275 g/mol. The maximum Gasteiger partial charge on any atom is 0.174 e. The molecule has 1 N–H and O–H groups in total. The number of para-hydroxylation sites is 1. The van der Waals surface area contributed by atoms with Crippen LogP contribution < -0.4 is 10.1 Å². The van der Waals surface area contributed by atoms with E-state index >= 15 is 0 Å². The van der Waals surface area contributed by atoms with Gasteiger partial charge in [0.25, 0.3) is 0 Å². The standard InChI is InChI=1S/C16H25N3O/c1-4-19(5-2)13-14(3)18-12-15-8-6-7-9-16(15)20-11-10-17/h6-9,14,18H,4-5,11-13H2,1-3H3. The molecule has 110 valence electrons. The van der Waals surface area contributed by atoms with Gasteiger partial charge in [0, 0.05) is 24.7 Å². The molecule has 0 radical (unpaired) electrons. The summed E-state index contributed by atoms with van der Waals surface area (Å²) in [4.78, 5) is 2.40. The van der Waals surface area contributed by atoms with Crippen LogP contribution in [-0.2, 0) is 6.54 Å². The number of hydrogen-bond donors (Lipinski definition) is 1. The molecule has 0 spiro atoms. The maximum atomic E-state index is 8.59. The molecule has 1 aromatic rings. The molecule has 0 saturated carbocycles. The molecule has 20 heavy (non-hydrogen) atoms. The highest BCUT2D eigenvalue weighted by Gasteiger charge is 2.08. The summed E-state index contributed by atoms with van der Waals surface area (Å²) < 4.78 is 5.43. The Hall–Kier alpha value is -1.57. The van der Waals surface area contributed by atoms with E-state index in [-0.39, 0.29) is 6.61 Å². The second-order valence-corrected chi connectivity index (χ2v) is 4.82. The van der Waals surface area contributed by atoms with Crippen molar-refractivity contribution in [2.24, 2.45) is 0 Å².